The molecule has 0 aromatic heterocycles. The maximum absolute atomic E-state index is 11.8. The van der Waals surface area contributed by atoms with Crippen LogP contribution in [0.3, 0.4) is 0 Å². The second-order valence-corrected chi connectivity index (χ2v) is 5.09. The van der Waals surface area contributed by atoms with Crippen LogP contribution in [0.25, 0.3) is 0 Å². The Balaban J connectivity index is 2.32. The second-order valence-electron chi connectivity index (χ2n) is 4.17. The van der Waals surface area contributed by atoms with Gasteiger partial charge in [0.2, 0.25) is 5.91 Å². The third kappa shape index (κ3) is 2.39. The van der Waals surface area contributed by atoms with Gasteiger partial charge in [-0.3, -0.25) is 9.59 Å². The Morgan fingerprint density at radius 3 is 2.78 bits per heavy atom. The molecule has 1 saturated heterocycles. The van der Waals surface area contributed by atoms with Crippen molar-refractivity contribution in [3.63, 3.8) is 0 Å². The molecule has 1 amide bonds. The number of aliphatic carboxylic acids is 1. The van der Waals surface area contributed by atoms with Gasteiger partial charge in [-0.2, -0.15) is 0 Å². The van der Waals surface area contributed by atoms with E-state index < -0.39 is 11.9 Å². The van der Waals surface area contributed by atoms with Crippen molar-refractivity contribution in [3.8, 4) is 0 Å². The molecule has 0 aliphatic carbocycles. The maximum Gasteiger partial charge on any atom is 0.308 e. The number of carboxylic acid groups (broad SMARTS) is 1. The molecule has 1 aromatic carbocycles. The number of halogens is 1. The lowest BCUT2D eigenvalue weighted by Gasteiger charge is -2.19. The minimum atomic E-state index is -0.964. The lowest BCUT2D eigenvalue weighted by molar-refractivity contribution is -0.141. The Morgan fingerprint density at radius 1 is 1.50 bits per heavy atom. The van der Waals surface area contributed by atoms with Gasteiger partial charge in [0.1, 0.15) is 0 Å². The van der Waals surface area contributed by atoms with Gasteiger partial charge in [0.15, 0.2) is 0 Å². The molecule has 18 heavy (non-hydrogen) atoms. The van der Waals surface area contributed by atoms with E-state index in [4.69, 9.17) is 5.11 Å². The molecule has 2 rings (SSSR count). The highest BCUT2D eigenvalue weighted by atomic mass is 79.9. The summed E-state index contributed by atoms with van der Waals surface area (Å²) in [5, 5.41) is 18.2. The minimum absolute atomic E-state index is 0.0102. The summed E-state index contributed by atoms with van der Waals surface area (Å²) in [4.78, 5) is 24.1. The molecule has 2 N–H and O–H groups in total. The highest BCUT2D eigenvalue weighted by molar-refractivity contribution is 9.10. The van der Waals surface area contributed by atoms with E-state index in [0.717, 1.165) is 4.47 Å². The summed E-state index contributed by atoms with van der Waals surface area (Å²) in [6.07, 6.45) is 0.0102. The number of aliphatic hydroxyl groups is 1. The first-order valence-electron chi connectivity index (χ1n) is 5.45. The average Bonchev–Trinajstić information content (AvgIpc) is 2.71. The van der Waals surface area contributed by atoms with E-state index in [0.29, 0.717) is 11.3 Å². The molecule has 1 aliphatic heterocycles. The van der Waals surface area contributed by atoms with Crippen LogP contribution in [-0.4, -0.2) is 28.6 Å². The summed E-state index contributed by atoms with van der Waals surface area (Å²) >= 11 is 3.29. The van der Waals surface area contributed by atoms with Crippen molar-refractivity contribution in [2.24, 2.45) is 5.92 Å². The number of rotatable bonds is 3. The van der Waals surface area contributed by atoms with Gasteiger partial charge in [0.05, 0.1) is 12.5 Å². The van der Waals surface area contributed by atoms with Crippen LogP contribution in [0.1, 0.15) is 12.0 Å². The Labute approximate surface area is 112 Å². The number of carbonyl (C=O) groups excluding carboxylic acids is 1. The van der Waals surface area contributed by atoms with Crippen LogP contribution >= 0.6 is 15.9 Å². The van der Waals surface area contributed by atoms with Gasteiger partial charge in [0.25, 0.3) is 0 Å². The SMILES string of the molecule is O=C(O)C1CC(=O)N(c2ccc(Br)cc2CO)C1. The zero-order valence-electron chi connectivity index (χ0n) is 9.47. The summed E-state index contributed by atoms with van der Waals surface area (Å²) < 4.78 is 0.803. The predicted octanol–water partition coefficient (Wildman–Crippen LogP) is 1.38. The molecule has 0 bridgehead atoms. The van der Waals surface area contributed by atoms with Gasteiger partial charge in [0, 0.05) is 28.7 Å². The van der Waals surface area contributed by atoms with E-state index in [2.05, 4.69) is 15.9 Å². The quantitative estimate of drug-likeness (QED) is 0.883. The zero-order chi connectivity index (χ0) is 13.3. The number of nitrogens with zero attached hydrogens (tertiary/aromatic N) is 1. The second kappa shape index (κ2) is 5.07. The number of aliphatic hydroxyl groups excluding tert-OH is 1. The van der Waals surface area contributed by atoms with Gasteiger partial charge < -0.3 is 15.1 Å². The van der Waals surface area contributed by atoms with Crippen molar-refractivity contribution in [1.29, 1.82) is 0 Å². The Hall–Kier alpha value is -1.40. The number of hydrogen-bond donors (Lipinski definition) is 2. The maximum atomic E-state index is 11.8. The van der Waals surface area contributed by atoms with E-state index in [9.17, 15) is 14.7 Å². The smallest absolute Gasteiger partial charge is 0.308 e. The van der Waals surface area contributed by atoms with Crippen LogP contribution in [-0.2, 0) is 16.2 Å². The lowest BCUT2D eigenvalue weighted by atomic mass is 10.1. The van der Waals surface area contributed by atoms with Gasteiger partial charge in [-0.25, -0.2) is 0 Å². The summed E-state index contributed by atoms with van der Waals surface area (Å²) in [7, 11) is 0. The monoisotopic (exact) mass is 313 g/mol. The largest absolute Gasteiger partial charge is 0.481 e. The third-order valence-corrected chi connectivity index (χ3v) is 3.47. The van der Waals surface area contributed by atoms with Crippen molar-refractivity contribution in [3.05, 3.63) is 28.2 Å². The van der Waals surface area contributed by atoms with Crippen LogP contribution in [0.4, 0.5) is 5.69 Å². The molecule has 1 aromatic rings. The predicted molar refractivity (Wildman–Crippen MR) is 68.2 cm³/mol. The fraction of sp³-hybridized carbons (Fsp3) is 0.333. The van der Waals surface area contributed by atoms with Gasteiger partial charge >= 0.3 is 5.97 Å². The fourth-order valence-electron chi connectivity index (χ4n) is 2.05. The molecule has 1 aliphatic rings. The summed E-state index contributed by atoms with van der Waals surface area (Å²) in [5.41, 5.74) is 1.18. The lowest BCUT2D eigenvalue weighted by Crippen LogP contribution is -2.26. The number of benzene rings is 1. The van der Waals surface area contributed by atoms with Gasteiger partial charge in [-0.1, -0.05) is 15.9 Å². The van der Waals surface area contributed by atoms with E-state index in [1.807, 2.05) is 0 Å². The molecule has 1 unspecified atom stereocenters. The fourth-order valence-corrected chi connectivity index (χ4v) is 2.46. The number of amides is 1. The standard InChI is InChI=1S/C12H12BrNO4/c13-9-1-2-10(8(3-9)6-15)14-5-7(12(17)18)4-11(14)16/h1-3,7,15H,4-6H2,(H,17,18). The minimum Gasteiger partial charge on any atom is -0.481 e. The Kier molecular flexibility index (Phi) is 3.68. The van der Waals surface area contributed by atoms with E-state index in [1.165, 1.54) is 4.90 Å². The molecule has 96 valence electrons. The van der Waals surface area contributed by atoms with E-state index in [1.54, 1.807) is 18.2 Å². The van der Waals surface area contributed by atoms with Crippen molar-refractivity contribution in [2.45, 2.75) is 13.0 Å². The highest BCUT2D eigenvalue weighted by Crippen LogP contribution is 2.30. The number of carbonyl (C=O) groups is 2. The molecule has 0 spiro atoms. The summed E-state index contributed by atoms with van der Waals surface area (Å²) in [5.74, 6) is -1.86. The topological polar surface area (TPSA) is 77.8 Å². The first-order valence-corrected chi connectivity index (χ1v) is 6.24. The number of carboxylic acids is 1. The van der Waals surface area contributed by atoms with Crippen LogP contribution in [0.15, 0.2) is 22.7 Å². The van der Waals surface area contributed by atoms with Crippen molar-refractivity contribution in [2.75, 3.05) is 11.4 Å². The molecule has 5 nitrogen and oxygen atoms in total. The van der Waals surface area contributed by atoms with Gasteiger partial charge in [-0.05, 0) is 18.2 Å². The van der Waals surface area contributed by atoms with Crippen LogP contribution in [0.5, 0.6) is 0 Å². The molecule has 1 atom stereocenters. The number of anilines is 1. The molecular formula is C12H12BrNO4. The molecule has 1 heterocycles. The van der Waals surface area contributed by atoms with E-state index in [-0.39, 0.29) is 25.5 Å². The Bertz CT molecular complexity index is 503. The van der Waals surface area contributed by atoms with Crippen molar-refractivity contribution >= 4 is 33.5 Å². The van der Waals surface area contributed by atoms with Crippen LogP contribution in [0.2, 0.25) is 0 Å². The van der Waals surface area contributed by atoms with Crippen molar-refractivity contribution in [1.82, 2.24) is 0 Å². The van der Waals surface area contributed by atoms with E-state index >= 15 is 0 Å². The summed E-state index contributed by atoms with van der Waals surface area (Å²) in [6, 6.07) is 5.18. The molecule has 0 radical (unpaired) electrons. The van der Waals surface area contributed by atoms with Crippen molar-refractivity contribution < 1.29 is 19.8 Å². The molecular weight excluding hydrogens is 302 g/mol. The molecule has 0 saturated carbocycles. The molecule has 1 fully saturated rings. The highest BCUT2D eigenvalue weighted by Gasteiger charge is 2.35. The normalized spacial score (nSPS) is 19.3. The van der Waals surface area contributed by atoms with Crippen LogP contribution < -0.4 is 4.90 Å². The van der Waals surface area contributed by atoms with Crippen LogP contribution in [0, 0.1) is 5.92 Å². The number of hydrogen-bond acceptors (Lipinski definition) is 3. The average molecular weight is 314 g/mol. The van der Waals surface area contributed by atoms with Gasteiger partial charge in [-0.15, -0.1) is 0 Å². The summed E-state index contributed by atoms with van der Waals surface area (Å²) in [6.45, 7) is -0.0426. The third-order valence-electron chi connectivity index (χ3n) is 2.98. The molecule has 6 heteroatoms. The first kappa shape index (κ1) is 13.0. The first-order chi connectivity index (χ1) is 8.52. The Morgan fingerprint density at radius 2 is 2.22 bits per heavy atom. The zero-order valence-corrected chi connectivity index (χ0v) is 11.1.